The molecule has 184 valence electrons. The standard InChI is InChI=1S/C19H28FN5O6S2/c1-13-24-19(30)14(20)11-25(13)12-31-18(29)6-5-17(28)23-8-10-33-32-9-7-22-16(27)4-3-15(26)21-2/h11H,1,3-10,12H2,2H3,(H,21,26)(H,22,27)(H,23,28)(H,24,30). The highest BCUT2D eigenvalue weighted by Gasteiger charge is 2.21. The van der Waals surface area contributed by atoms with Crippen molar-refractivity contribution in [3.8, 4) is 0 Å². The predicted octanol–water partition coefficient (Wildman–Crippen LogP) is 0.121. The average molecular weight is 506 g/mol. The van der Waals surface area contributed by atoms with E-state index in [1.54, 1.807) is 10.8 Å². The van der Waals surface area contributed by atoms with E-state index < -0.39 is 17.7 Å². The van der Waals surface area contributed by atoms with Gasteiger partial charge in [-0.3, -0.25) is 28.9 Å². The van der Waals surface area contributed by atoms with Gasteiger partial charge in [0.05, 0.1) is 12.6 Å². The summed E-state index contributed by atoms with van der Waals surface area (Å²) in [6.45, 7) is 4.08. The van der Waals surface area contributed by atoms with Crippen molar-refractivity contribution >= 4 is 51.2 Å². The average Bonchev–Trinajstić information content (AvgIpc) is 2.79. The number of nitrogens with one attached hydrogen (secondary N) is 4. The molecular weight excluding hydrogens is 477 g/mol. The fraction of sp³-hybridized carbons (Fsp3) is 0.526. The smallest absolute Gasteiger partial charge is 0.308 e. The van der Waals surface area contributed by atoms with Gasteiger partial charge in [0.2, 0.25) is 23.5 Å². The maximum absolute atomic E-state index is 13.3. The molecule has 4 N–H and O–H groups in total. The largest absolute Gasteiger partial charge is 0.444 e. The van der Waals surface area contributed by atoms with Crippen molar-refractivity contribution in [2.75, 3.05) is 38.4 Å². The van der Waals surface area contributed by atoms with E-state index in [1.165, 1.54) is 17.8 Å². The molecule has 1 heterocycles. The summed E-state index contributed by atoms with van der Waals surface area (Å²) in [7, 11) is 4.59. The Kier molecular flexibility index (Phi) is 13.7. The van der Waals surface area contributed by atoms with Crippen LogP contribution in [0.3, 0.4) is 0 Å². The van der Waals surface area contributed by atoms with Gasteiger partial charge in [0.1, 0.15) is 5.82 Å². The second-order valence-corrected chi connectivity index (χ2v) is 9.21. The Balaban J connectivity index is 2.01. The van der Waals surface area contributed by atoms with E-state index in [9.17, 15) is 28.4 Å². The molecule has 0 saturated carbocycles. The van der Waals surface area contributed by atoms with Gasteiger partial charge in [-0.1, -0.05) is 28.2 Å². The highest BCUT2D eigenvalue weighted by Crippen LogP contribution is 2.19. The van der Waals surface area contributed by atoms with Crippen molar-refractivity contribution in [2.45, 2.75) is 25.7 Å². The fourth-order valence-corrected chi connectivity index (χ4v) is 4.00. The van der Waals surface area contributed by atoms with E-state index >= 15 is 0 Å². The highest BCUT2D eigenvalue weighted by atomic mass is 33.1. The minimum absolute atomic E-state index is 0.0549. The maximum Gasteiger partial charge on any atom is 0.308 e. The topological polar surface area (TPSA) is 146 Å². The van der Waals surface area contributed by atoms with E-state index in [-0.39, 0.29) is 56.0 Å². The van der Waals surface area contributed by atoms with Crippen molar-refractivity contribution < 1.29 is 33.1 Å². The number of halogens is 1. The van der Waals surface area contributed by atoms with Gasteiger partial charge in [-0.2, -0.15) is 4.39 Å². The molecule has 14 heteroatoms. The van der Waals surface area contributed by atoms with Crippen molar-refractivity contribution in [2.24, 2.45) is 0 Å². The lowest BCUT2D eigenvalue weighted by molar-refractivity contribution is -0.148. The SMILES string of the molecule is C=C1NC(=O)C(F)=CN1COC(=O)CCC(=O)NCCSSCCNC(=O)CCC(=O)NC. The van der Waals surface area contributed by atoms with Gasteiger partial charge >= 0.3 is 5.97 Å². The maximum atomic E-state index is 13.3. The van der Waals surface area contributed by atoms with Crippen LogP contribution in [0.1, 0.15) is 25.7 Å². The molecule has 0 aromatic carbocycles. The van der Waals surface area contributed by atoms with Crippen molar-refractivity contribution in [1.29, 1.82) is 0 Å². The summed E-state index contributed by atoms with van der Waals surface area (Å²) in [6, 6.07) is 0. The normalized spacial score (nSPS) is 13.0. The van der Waals surface area contributed by atoms with Crippen LogP contribution < -0.4 is 21.3 Å². The first-order valence-corrected chi connectivity index (χ1v) is 12.5. The number of carbonyl (C=O) groups is 5. The van der Waals surface area contributed by atoms with Crippen LogP contribution >= 0.6 is 21.6 Å². The summed E-state index contributed by atoms with van der Waals surface area (Å²) in [6.07, 6.45) is 0.982. The zero-order chi connectivity index (χ0) is 24.6. The Bertz CT molecular complexity index is 780. The molecule has 0 aromatic rings. The molecule has 0 radical (unpaired) electrons. The van der Waals surface area contributed by atoms with Gasteiger partial charge in [-0.15, -0.1) is 0 Å². The van der Waals surface area contributed by atoms with Crippen LogP contribution in [-0.4, -0.2) is 72.9 Å². The van der Waals surface area contributed by atoms with Crippen LogP contribution in [0.25, 0.3) is 0 Å². The third-order valence-electron chi connectivity index (χ3n) is 3.97. The molecule has 4 amide bonds. The van der Waals surface area contributed by atoms with Gasteiger partial charge in [0.15, 0.2) is 6.73 Å². The Labute approximate surface area is 199 Å². The van der Waals surface area contributed by atoms with Crippen LogP contribution in [-0.2, 0) is 28.7 Å². The van der Waals surface area contributed by atoms with E-state index in [0.29, 0.717) is 24.6 Å². The Morgan fingerprint density at radius 3 is 2.15 bits per heavy atom. The van der Waals surface area contributed by atoms with E-state index in [2.05, 4.69) is 27.8 Å². The third-order valence-corrected chi connectivity index (χ3v) is 6.38. The summed E-state index contributed by atoms with van der Waals surface area (Å²) in [5.41, 5.74) is 0. The van der Waals surface area contributed by atoms with Gasteiger partial charge in [-0.25, -0.2) is 0 Å². The Morgan fingerprint density at radius 1 is 1.03 bits per heavy atom. The first-order chi connectivity index (χ1) is 15.7. The molecule has 0 saturated heterocycles. The first kappa shape index (κ1) is 28.3. The minimum atomic E-state index is -1.03. The molecule has 1 aliphatic heterocycles. The lowest BCUT2D eigenvalue weighted by atomic mass is 10.3. The number of ether oxygens (including phenoxy) is 1. The number of carbonyl (C=O) groups excluding carboxylic acids is 5. The quantitative estimate of drug-likeness (QED) is 0.138. The summed E-state index contributed by atoms with van der Waals surface area (Å²) < 4.78 is 18.2. The second kappa shape index (κ2) is 16.0. The van der Waals surface area contributed by atoms with Gasteiger partial charge in [-0.05, 0) is 0 Å². The number of hydrogen-bond acceptors (Lipinski definition) is 9. The van der Waals surface area contributed by atoms with Crippen molar-refractivity contribution in [1.82, 2.24) is 26.2 Å². The minimum Gasteiger partial charge on any atom is -0.444 e. The monoisotopic (exact) mass is 505 g/mol. The number of amides is 4. The predicted molar refractivity (Wildman–Crippen MR) is 123 cm³/mol. The zero-order valence-corrected chi connectivity index (χ0v) is 19.9. The zero-order valence-electron chi connectivity index (χ0n) is 18.2. The molecule has 0 spiro atoms. The van der Waals surface area contributed by atoms with E-state index in [4.69, 9.17) is 4.74 Å². The van der Waals surface area contributed by atoms with Crippen LogP contribution in [0, 0.1) is 0 Å². The fourth-order valence-electron chi connectivity index (χ4n) is 2.19. The van der Waals surface area contributed by atoms with Crippen LogP contribution in [0.2, 0.25) is 0 Å². The van der Waals surface area contributed by atoms with Gasteiger partial charge < -0.3 is 26.0 Å². The van der Waals surface area contributed by atoms with Gasteiger partial charge in [0.25, 0.3) is 5.91 Å². The molecule has 11 nitrogen and oxygen atoms in total. The molecule has 0 aromatic heterocycles. The molecule has 0 unspecified atom stereocenters. The summed E-state index contributed by atoms with van der Waals surface area (Å²) in [4.78, 5) is 58.3. The van der Waals surface area contributed by atoms with Crippen LogP contribution in [0.4, 0.5) is 4.39 Å². The first-order valence-electron chi connectivity index (χ1n) is 10.0. The molecule has 1 aliphatic rings. The highest BCUT2D eigenvalue weighted by molar-refractivity contribution is 8.76. The van der Waals surface area contributed by atoms with Crippen molar-refractivity contribution in [3.05, 3.63) is 24.4 Å². The summed E-state index contributed by atoms with van der Waals surface area (Å²) in [5.74, 6) is -1.85. The molecule has 0 atom stereocenters. The lowest BCUT2D eigenvalue weighted by Gasteiger charge is -2.25. The Morgan fingerprint density at radius 2 is 1.58 bits per heavy atom. The summed E-state index contributed by atoms with van der Waals surface area (Å²) >= 11 is 0. The van der Waals surface area contributed by atoms with E-state index in [0.717, 1.165) is 11.1 Å². The summed E-state index contributed by atoms with van der Waals surface area (Å²) in [5, 5.41) is 10.0. The molecule has 0 aliphatic carbocycles. The molecule has 33 heavy (non-hydrogen) atoms. The molecule has 1 rings (SSSR count). The molecule has 0 bridgehead atoms. The van der Waals surface area contributed by atoms with Crippen molar-refractivity contribution in [3.63, 3.8) is 0 Å². The third kappa shape index (κ3) is 12.8. The number of hydrogen-bond donors (Lipinski definition) is 4. The number of esters is 1. The van der Waals surface area contributed by atoms with Crippen LogP contribution in [0.15, 0.2) is 24.4 Å². The Hall–Kier alpha value is -2.74. The second-order valence-electron chi connectivity index (χ2n) is 6.51. The van der Waals surface area contributed by atoms with E-state index in [1.807, 2.05) is 0 Å². The molecule has 0 fully saturated rings. The van der Waals surface area contributed by atoms with Gasteiger partial charge in [0, 0.05) is 50.9 Å². The number of nitrogens with zero attached hydrogens (tertiary/aromatic N) is 1. The molecular formula is C19H28FN5O6S2. The number of rotatable bonds is 15. The van der Waals surface area contributed by atoms with Crippen LogP contribution in [0.5, 0.6) is 0 Å². The lowest BCUT2D eigenvalue weighted by Crippen LogP contribution is -2.38.